The molecule has 0 aromatic carbocycles. The minimum absolute atomic E-state index is 0.0388. The van der Waals surface area contributed by atoms with Gasteiger partial charge in [-0.2, -0.15) is 0 Å². The Morgan fingerprint density at radius 2 is 1.89 bits per heavy atom. The summed E-state index contributed by atoms with van der Waals surface area (Å²) in [5.41, 5.74) is 4.81. The second-order valence-corrected chi connectivity index (χ2v) is 11.3. The van der Waals surface area contributed by atoms with E-state index in [-0.39, 0.29) is 32.4 Å². The number of carbonyl (C=O) groups excluding carboxylic acids is 3. The molecular formula is C24H28O3S. The lowest BCUT2D eigenvalue weighted by atomic mass is 9.52. The molecule has 0 N–H and O–H groups in total. The third-order valence-corrected chi connectivity index (χ3v) is 9.63. The molecule has 0 bridgehead atoms. The van der Waals surface area contributed by atoms with E-state index in [0.717, 1.165) is 38.5 Å². The Hall–Kier alpha value is -1.42. The molecule has 0 heterocycles. The Bertz CT molecular complexity index is 922. The second-order valence-electron chi connectivity index (χ2n) is 9.87. The van der Waals surface area contributed by atoms with Crippen LogP contribution < -0.4 is 0 Å². The number of carbonyl (C=O) groups is 3. The van der Waals surface area contributed by atoms with Gasteiger partial charge in [-0.15, -0.1) is 0 Å². The molecule has 0 aromatic rings. The standard InChI is InChI=1S/C24H28O3S/c1-14(25)28-19-13-15-12-16(26)4-10-23(15,3)17-6-11-24-18(21(17)19)5-8-22(24,2)9-7-20(24)27/h5,12,19H,4,6-11,13H2,1-3H3/t19-,22+,23?,24-/m1/s1. The van der Waals surface area contributed by atoms with E-state index >= 15 is 0 Å². The van der Waals surface area contributed by atoms with Gasteiger partial charge in [0.15, 0.2) is 10.9 Å². The molecule has 148 valence electrons. The number of rotatable bonds is 1. The van der Waals surface area contributed by atoms with Crippen LogP contribution in [0.3, 0.4) is 0 Å². The molecule has 1 unspecified atom stereocenters. The number of thioether (sulfide) groups is 1. The molecule has 0 radical (unpaired) electrons. The SMILES string of the molecule is CC(=O)S[C@@H]1CC2=CC(=O)CCC2(C)C2=C1C1=CC[C@@]3(C)CCC(=O)[C@@]13CC2. The number of allylic oxidation sites excluding steroid dienone is 5. The number of Topliss-reactive ketones (excluding diaryl/α,β-unsaturated/α-hetero) is 1. The summed E-state index contributed by atoms with van der Waals surface area (Å²) in [7, 11) is 0. The minimum atomic E-state index is -0.330. The molecule has 5 aliphatic carbocycles. The number of hydrogen-bond acceptors (Lipinski definition) is 4. The van der Waals surface area contributed by atoms with Crippen molar-refractivity contribution in [2.45, 2.75) is 77.4 Å². The van der Waals surface area contributed by atoms with Crippen LogP contribution in [0, 0.1) is 16.2 Å². The van der Waals surface area contributed by atoms with E-state index in [2.05, 4.69) is 19.9 Å². The van der Waals surface area contributed by atoms with Gasteiger partial charge in [0.1, 0.15) is 5.78 Å². The van der Waals surface area contributed by atoms with Gasteiger partial charge >= 0.3 is 0 Å². The van der Waals surface area contributed by atoms with Crippen molar-refractivity contribution in [2.75, 3.05) is 0 Å². The van der Waals surface area contributed by atoms with Crippen LogP contribution in [0.25, 0.3) is 0 Å². The zero-order valence-corrected chi connectivity index (χ0v) is 17.8. The topological polar surface area (TPSA) is 51.2 Å². The monoisotopic (exact) mass is 396 g/mol. The van der Waals surface area contributed by atoms with Gasteiger partial charge in [-0.3, -0.25) is 14.4 Å². The van der Waals surface area contributed by atoms with E-state index in [9.17, 15) is 14.4 Å². The maximum absolute atomic E-state index is 13.2. The summed E-state index contributed by atoms with van der Waals surface area (Å²) in [5, 5.41) is 0.152. The number of fused-ring (bicyclic) bond motifs is 3. The van der Waals surface area contributed by atoms with Gasteiger partial charge in [0.05, 0.1) is 5.41 Å². The lowest BCUT2D eigenvalue weighted by Gasteiger charge is -2.52. The number of hydrogen-bond donors (Lipinski definition) is 0. The van der Waals surface area contributed by atoms with Gasteiger partial charge in [-0.1, -0.05) is 42.8 Å². The normalized spacial score (nSPS) is 41.8. The highest BCUT2D eigenvalue weighted by molar-refractivity contribution is 8.14. The summed E-state index contributed by atoms with van der Waals surface area (Å²) in [6.45, 7) is 6.22. The maximum Gasteiger partial charge on any atom is 0.186 e. The Balaban J connectivity index is 1.72. The van der Waals surface area contributed by atoms with Gasteiger partial charge in [0.2, 0.25) is 0 Å². The van der Waals surface area contributed by atoms with Crippen LogP contribution in [-0.4, -0.2) is 21.9 Å². The summed E-state index contributed by atoms with van der Waals surface area (Å²) in [6.07, 6.45) is 10.9. The molecule has 3 nitrogen and oxygen atoms in total. The second kappa shape index (κ2) is 5.81. The first-order valence-corrected chi connectivity index (χ1v) is 11.5. The van der Waals surface area contributed by atoms with E-state index in [1.807, 2.05) is 6.08 Å². The third-order valence-electron chi connectivity index (χ3n) is 8.61. The van der Waals surface area contributed by atoms with Gasteiger partial charge < -0.3 is 0 Å². The fourth-order valence-electron chi connectivity index (χ4n) is 7.06. The third kappa shape index (κ3) is 2.16. The molecule has 28 heavy (non-hydrogen) atoms. The fraction of sp³-hybridized carbons (Fsp3) is 0.625. The van der Waals surface area contributed by atoms with Crippen molar-refractivity contribution in [3.8, 4) is 0 Å². The van der Waals surface area contributed by atoms with E-state index in [4.69, 9.17) is 0 Å². The Kier molecular flexibility index (Phi) is 3.86. The molecule has 1 spiro atoms. The first kappa shape index (κ1) is 18.6. The highest BCUT2D eigenvalue weighted by atomic mass is 32.2. The van der Waals surface area contributed by atoms with Crippen LogP contribution >= 0.6 is 11.8 Å². The molecule has 4 heteroatoms. The molecule has 0 saturated heterocycles. The summed E-state index contributed by atoms with van der Waals surface area (Å²) in [6, 6.07) is 0. The van der Waals surface area contributed by atoms with Crippen LogP contribution in [0.5, 0.6) is 0 Å². The molecule has 0 aliphatic heterocycles. The van der Waals surface area contributed by atoms with E-state index in [0.29, 0.717) is 18.6 Å². The molecule has 0 aromatic heterocycles. The van der Waals surface area contributed by atoms with Crippen molar-refractivity contribution in [3.05, 3.63) is 34.4 Å². The highest BCUT2D eigenvalue weighted by Gasteiger charge is 2.64. The first-order chi connectivity index (χ1) is 13.2. The number of ketones is 2. The van der Waals surface area contributed by atoms with Crippen molar-refractivity contribution >= 4 is 28.4 Å². The smallest absolute Gasteiger partial charge is 0.186 e. The molecule has 5 rings (SSSR count). The Morgan fingerprint density at radius 3 is 2.64 bits per heavy atom. The largest absolute Gasteiger partial charge is 0.299 e. The fourth-order valence-corrected chi connectivity index (χ4v) is 8.11. The lowest BCUT2D eigenvalue weighted by Crippen LogP contribution is -2.46. The van der Waals surface area contributed by atoms with Crippen LogP contribution in [0.15, 0.2) is 34.4 Å². The van der Waals surface area contributed by atoms with Crippen LogP contribution in [0.4, 0.5) is 0 Å². The molecule has 1 saturated carbocycles. The summed E-state index contributed by atoms with van der Waals surface area (Å²) >= 11 is 1.40. The first-order valence-electron chi connectivity index (χ1n) is 10.6. The molecule has 4 atom stereocenters. The predicted molar refractivity (Wildman–Crippen MR) is 111 cm³/mol. The average Bonchev–Trinajstić information content (AvgIpc) is 3.07. The lowest BCUT2D eigenvalue weighted by molar-refractivity contribution is -0.127. The molecule has 1 fully saturated rings. The zero-order chi connectivity index (χ0) is 19.9. The molecule has 0 amide bonds. The van der Waals surface area contributed by atoms with Crippen molar-refractivity contribution in [3.63, 3.8) is 0 Å². The van der Waals surface area contributed by atoms with Crippen molar-refractivity contribution < 1.29 is 14.4 Å². The van der Waals surface area contributed by atoms with Gasteiger partial charge in [-0.05, 0) is 61.2 Å². The van der Waals surface area contributed by atoms with E-state index in [1.54, 1.807) is 6.92 Å². The minimum Gasteiger partial charge on any atom is -0.299 e. The van der Waals surface area contributed by atoms with Crippen LogP contribution in [-0.2, 0) is 14.4 Å². The van der Waals surface area contributed by atoms with Crippen molar-refractivity contribution in [2.24, 2.45) is 16.2 Å². The van der Waals surface area contributed by atoms with Gasteiger partial charge in [0, 0.05) is 30.4 Å². The molecular weight excluding hydrogens is 368 g/mol. The average molecular weight is 397 g/mol. The van der Waals surface area contributed by atoms with Gasteiger partial charge in [-0.25, -0.2) is 0 Å². The van der Waals surface area contributed by atoms with Crippen molar-refractivity contribution in [1.29, 1.82) is 0 Å². The highest BCUT2D eigenvalue weighted by Crippen LogP contribution is 2.70. The zero-order valence-electron chi connectivity index (χ0n) is 17.0. The maximum atomic E-state index is 13.2. The van der Waals surface area contributed by atoms with E-state index in [1.165, 1.54) is 34.1 Å². The Morgan fingerprint density at radius 1 is 1.11 bits per heavy atom. The summed E-state index contributed by atoms with van der Waals surface area (Å²) in [4.78, 5) is 37.5. The van der Waals surface area contributed by atoms with Crippen LogP contribution in [0.2, 0.25) is 0 Å². The van der Waals surface area contributed by atoms with Crippen molar-refractivity contribution in [1.82, 2.24) is 0 Å². The quantitative estimate of drug-likeness (QED) is 0.618. The van der Waals surface area contributed by atoms with Gasteiger partial charge in [0.25, 0.3) is 0 Å². The van der Waals surface area contributed by atoms with E-state index < -0.39 is 0 Å². The Labute approximate surface area is 171 Å². The van der Waals surface area contributed by atoms with Crippen LogP contribution in [0.1, 0.15) is 72.1 Å². The predicted octanol–water partition coefficient (Wildman–Crippen LogP) is 5.11. The summed E-state index contributed by atoms with van der Waals surface area (Å²) in [5.74, 6) is 0.635. The molecule has 5 aliphatic rings. The summed E-state index contributed by atoms with van der Waals surface area (Å²) < 4.78 is 0.